The summed E-state index contributed by atoms with van der Waals surface area (Å²) >= 11 is 1.13. The third-order valence-electron chi connectivity index (χ3n) is 4.85. The van der Waals surface area contributed by atoms with E-state index in [2.05, 4.69) is 26.3 Å². The van der Waals surface area contributed by atoms with Crippen LogP contribution in [0.5, 0.6) is 0 Å². The van der Waals surface area contributed by atoms with E-state index < -0.39 is 29.9 Å². The summed E-state index contributed by atoms with van der Waals surface area (Å²) < 4.78 is 0. The molecule has 5 N–H and O–H groups in total. The molecule has 3 rings (SSSR count). The molecule has 0 aliphatic heterocycles. The molecule has 0 bridgehead atoms. The standard InChI is InChI=1S/C24H25N5O5S/c1-15-21(28-24(35-15)29-23(34)26-13-16-8-4-2-5-9-16)22(33)25-14-19(30)27-18(12-20(31)32)17-10-6-3-7-11-17/h2-11,18H,12-14H2,1H3,(H,25,33)(H,27,30)(H,31,32)(H2,26,28,29,34). The third kappa shape index (κ3) is 7.93. The Hall–Kier alpha value is -4.25. The van der Waals surface area contributed by atoms with E-state index in [1.165, 1.54) is 0 Å². The topological polar surface area (TPSA) is 150 Å². The van der Waals surface area contributed by atoms with Crippen LogP contribution in [-0.4, -0.2) is 40.5 Å². The highest BCUT2D eigenvalue weighted by Gasteiger charge is 2.20. The maximum absolute atomic E-state index is 12.5. The first-order valence-electron chi connectivity index (χ1n) is 10.7. The van der Waals surface area contributed by atoms with E-state index in [4.69, 9.17) is 5.11 Å². The van der Waals surface area contributed by atoms with Gasteiger partial charge in [0.1, 0.15) is 5.69 Å². The maximum Gasteiger partial charge on any atom is 0.321 e. The van der Waals surface area contributed by atoms with Crippen LogP contribution in [0.4, 0.5) is 9.93 Å². The Morgan fingerprint density at radius 1 is 0.971 bits per heavy atom. The number of nitrogens with zero attached hydrogens (tertiary/aromatic N) is 1. The molecule has 0 spiro atoms. The number of hydrogen-bond donors (Lipinski definition) is 5. The fourth-order valence-electron chi connectivity index (χ4n) is 3.18. The zero-order valence-electron chi connectivity index (χ0n) is 18.9. The van der Waals surface area contributed by atoms with Crippen LogP contribution < -0.4 is 21.3 Å². The van der Waals surface area contributed by atoms with Crippen LogP contribution in [0.25, 0.3) is 0 Å². The summed E-state index contributed by atoms with van der Waals surface area (Å²) in [6.45, 7) is 1.66. The molecule has 1 aromatic heterocycles. The Labute approximate surface area is 205 Å². The Morgan fingerprint density at radius 3 is 2.29 bits per heavy atom. The molecule has 11 heteroatoms. The van der Waals surface area contributed by atoms with Crippen LogP contribution in [0, 0.1) is 6.92 Å². The first-order chi connectivity index (χ1) is 16.8. The number of amides is 4. The predicted molar refractivity (Wildman–Crippen MR) is 131 cm³/mol. The molecule has 0 radical (unpaired) electrons. The molecule has 1 atom stereocenters. The number of hydrogen-bond acceptors (Lipinski definition) is 6. The number of carboxylic acids is 1. The van der Waals surface area contributed by atoms with Gasteiger partial charge in [0, 0.05) is 11.4 Å². The van der Waals surface area contributed by atoms with Gasteiger partial charge in [-0.05, 0) is 18.1 Å². The van der Waals surface area contributed by atoms with E-state index in [-0.39, 0.29) is 23.8 Å². The second kappa shape index (κ2) is 12.3. The van der Waals surface area contributed by atoms with Gasteiger partial charge < -0.3 is 21.1 Å². The second-order valence-corrected chi connectivity index (χ2v) is 8.73. The lowest BCUT2D eigenvalue weighted by molar-refractivity contribution is -0.137. The molecule has 0 fully saturated rings. The normalized spacial score (nSPS) is 11.2. The molecular formula is C24H25N5O5S. The van der Waals surface area contributed by atoms with Gasteiger partial charge in [-0.3, -0.25) is 19.7 Å². The summed E-state index contributed by atoms with van der Waals surface area (Å²) in [7, 11) is 0. The Kier molecular flexibility index (Phi) is 8.90. The summed E-state index contributed by atoms with van der Waals surface area (Å²) in [6, 6.07) is 16.9. The minimum atomic E-state index is -1.06. The molecule has 0 saturated heterocycles. The fourth-order valence-corrected chi connectivity index (χ4v) is 3.99. The van der Waals surface area contributed by atoms with Crippen LogP contribution in [0.1, 0.15) is 39.0 Å². The summed E-state index contributed by atoms with van der Waals surface area (Å²) in [5, 5.41) is 19.8. The first kappa shape index (κ1) is 25.4. The molecule has 4 amide bonds. The van der Waals surface area contributed by atoms with Crippen molar-refractivity contribution in [1.29, 1.82) is 0 Å². The number of carbonyl (C=O) groups excluding carboxylic acids is 3. The number of aliphatic carboxylic acids is 1. The molecule has 10 nitrogen and oxygen atoms in total. The van der Waals surface area contributed by atoms with Crippen molar-refractivity contribution >= 4 is 40.3 Å². The van der Waals surface area contributed by atoms with E-state index in [0.29, 0.717) is 17.0 Å². The molecule has 0 saturated carbocycles. The average molecular weight is 496 g/mol. The van der Waals surface area contributed by atoms with Gasteiger partial charge in [0.15, 0.2) is 5.13 Å². The molecule has 0 aliphatic rings. The summed E-state index contributed by atoms with van der Waals surface area (Å²) in [4.78, 5) is 52.9. The van der Waals surface area contributed by atoms with Crippen LogP contribution in [0.3, 0.4) is 0 Å². The highest BCUT2D eigenvalue weighted by Crippen LogP contribution is 2.22. The van der Waals surface area contributed by atoms with Gasteiger partial charge in [0.2, 0.25) is 5.91 Å². The van der Waals surface area contributed by atoms with E-state index >= 15 is 0 Å². The lowest BCUT2D eigenvalue weighted by Gasteiger charge is -2.17. The fraction of sp³-hybridized carbons (Fsp3) is 0.208. The highest BCUT2D eigenvalue weighted by molar-refractivity contribution is 7.16. The van der Waals surface area contributed by atoms with Crippen LogP contribution in [0.15, 0.2) is 60.7 Å². The smallest absolute Gasteiger partial charge is 0.321 e. The van der Waals surface area contributed by atoms with Crippen molar-refractivity contribution in [2.75, 3.05) is 11.9 Å². The number of carbonyl (C=O) groups is 4. The lowest BCUT2D eigenvalue weighted by atomic mass is 10.0. The van der Waals surface area contributed by atoms with Crippen LogP contribution in [0.2, 0.25) is 0 Å². The number of rotatable bonds is 10. The van der Waals surface area contributed by atoms with Gasteiger partial charge in [-0.1, -0.05) is 60.7 Å². The van der Waals surface area contributed by atoms with Gasteiger partial charge in [-0.2, -0.15) is 0 Å². The van der Waals surface area contributed by atoms with Crippen LogP contribution >= 0.6 is 11.3 Å². The third-order valence-corrected chi connectivity index (χ3v) is 5.74. The van der Waals surface area contributed by atoms with E-state index in [1.807, 2.05) is 30.3 Å². The zero-order valence-corrected chi connectivity index (χ0v) is 19.7. The number of aryl methyl sites for hydroxylation is 1. The van der Waals surface area contributed by atoms with Gasteiger partial charge in [-0.25, -0.2) is 9.78 Å². The highest BCUT2D eigenvalue weighted by atomic mass is 32.1. The van der Waals surface area contributed by atoms with Crippen molar-refractivity contribution in [3.8, 4) is 0 Å². The van der Waals surface area contributed by atoms with E-state index in [0.717, 1.165) is 16.9 Å². The number of thiazole rings is 1. The molecule has 1 heterocycles. The van der Waals surface area contributed by atoms with Gasteiger partial charge in [0.05, 0.1) is 19.0 Å². The number of carboxylic acid groups (broad SMARTS) is 1. The van der Waals surface area contributed by atoms with E-state index in [9.17, 15) is 19.2 Å². The van der Waals surface area contributed by atoms with Crippen molar-refractivity contribution in [1.82, 2.24) is 20.9 Å². The first-order valence-corrected chi connectivity index (χ1v) is 11.5. The minimum absolute atomic E-state index is 0.0892. The average Bonchev–Trinajstić information content (AvgIpc) is 3.21. The van der Waals surface area contributed by atoms with Crippen molar-refractivity contribution in [3.05, 3.63) is 82.4 Å². The Balaban J connectivity index is 1.51. The monoisotopic (exact) mass is 495 g/mol. The molecule has 0 aliphatic carbocycles. The van der Waals surface area contributed by atoms with Crippen molar-refractivity contribution in [2.24, 2.45) is 0 Å². The van der Waals surface area contributed by atoms with Crippen molar-refractivity contribution in [2.45, 2.75) is 25.9 Å². The van der Waals surface area contributed by atoms with Crippen molar-refractivity contribution in [3.63, 3.8) is 0 Å². The molecular weight excluding hydrogens is 470 g/mol. The quantitative estimate of drug-likeness (QED) is 0.292. The second-order valence-electron chi connectivity index (χ2n) is 7.53. The number of nitrogens with one attached hydrogen (secondary N) is 4. The van der Waals surface area contributed by atoms with Crippen LogP contribution in [-0.2, 0) is 16.1 Å². The van der Waals surface area contributed by atoms with Gasteiger partial charge in [-0.15, -0.1) is 11.3 Å². The number of benzene rings is 2. The minimum Gasteiger partial charge on any atom is -0.481 e. The zero-order chi connectivity index (χ0) is 25.2. The number of urea groups is 1. The van der Waals surface area contributed by atoms with Crippen molar-refractivity contribution < 1.29 is 24.3 Å². The van der Waals surface area contributed by atoms with Gasteiger partial charge in [0.25, 0.3) is 5.91 Å². The van der Waals surface area contributed by atoms with Gasteiger partial charge >= 0.3 is 12.0 Å². The Morgan fingerprint density at radius 2 is 1.63 bits per heavy atom. The Bertz CT molecular complexity index is 1180. The molecule has 1 unspecified atom stereocenters. The molecule has 182 valence electrons. The maximum atomic E-state index is 12.5. The number of aromatic nitrogens is 1. The number of anilines is 1. The predicted octanol–water partition coefficient (Wildman–Crippen LogP) is 2.84. The molecule has 35 heavy (non-hydrogen) atoms. The largest absolute Gasteiger partial charge is 0.481 e. The molecule has 2 aromatic carbocycles. The summed E-state index contributed by atoms with van der Waals surface area (Å²) in [5.74, 6) is -2.18. The van der Waals surface area contributed by atoms with E-state index in [1.54, 1.807) is 37.3 Å². The molecule has 3 aromatic rings. The summed E-state index contributed by atoms with van der Waals surface area (Å²) in [5.41, 5.74) is 1.67. The SMILES string of the molecule is Cc1sc(NC(=O)NCc2ccccc2)nc1C(=O)NCC(=O)NC(CC(=O)O)c1ccccc1. The summed E-state index contributed by atoms with van der Waals surface area (Å²) in [6.07, 6.45) is -0.295. The lowest BCUT2D eigenvalue weighted by Crippen LogP contribution is -2.39.